The Kier molecular flexibility index (Phi) is 3.33. The van der Waals surface area contributed by atoms with Crippen molar-refractivity contribution >= 4 is 15.9 Å². The van der Waals surface area contributed by atoms with Gasteiger partial charge in [0.1, 0.15) is 11.9 Å². The molecular weight excluding hydrogens is 304 g/mol. The van der Waals surface area contributed by atoms with E-state index in [0.717, 1.165) is 26.9 Å². The van der Waals surface area contributed by atoms with Gasteiger partial charge in [0.05, 0.1) is 6.10 Å². The van der Waals surface area contributed by atoms with Crippen molar-refractivity contribution in [2.24, 2.45) is 0 Å². The summed E-state index contributed by atoms with van der Waals surface area (Å²) in [6, 6.07) is 14.0. The van der Waals surface area contributed by atoms with Crippen molar-refractivity contribution < 1.29 is 9.84 Å². The molecule has 1 N–H and O–H groups in total. The minimum Gasteiger partial charge on any atom is -0.485 e. The molecule has 0 saturated carbocycles. The molecule has 1 heterocycles. The fraction of sp³-hybridized carbons (Fsp3) is 0.250. The smallest absolute Gasteiger partial charge is 0.127 e. The van der Waals surface area contributed by atoms with Crippen LogP contribution in [0.3, 0.4) is 0 Å². The van der Waals surface area contributed by atoms with E-state index in [2.05, 4.69) is 15.9 Å². The molecule has 2 aromatic rings. The SMILES string of the molecule is Cc1ccc2c(c1)[C@@H](O)CC(c1cccc(Br)c1)O2. The highest BCUT2D eigenvalue weighted by molar-refractivity contribution is 9.10. The molecule has 0 saturated heterocycles. The lowest BCUT2D eigenvalue weighted by molar-refractivity contribution is 0.0656. The van der Waals surface area contributed by atoms with E-state index in [4.69, 9.17) is 4.74 Å². The lowest BCUT2D eigenvalue weighted by Gasteiger charge is -2.30. The molecule has 3 heteroatoms. The van der Waals surface area contributed by atoms with E-state index in [9.17, 15) is 5.11 Å². The van der Waals surface area contributed by atoms with Crippen molar-refractivity contribution in [3.63, 3.8) is 0 Å². The third-order valence-corrected chi connectivity index (χ3v) is 3.94. The summed E-state index contributed by atoms with van der Waals surface area (Å²) in [6.45, 7) is 2.02. The Morgan fingerprint density at radius 1 is 1.21 bits per heavy atom. The summed E-state index contributed by atoms with van der Waals surface area (Å²) in [4.78, 5) is 0. The lowest BCUT2D eigenvalue weighted by atomic mass is 9.94. The zero-order valence-electron chi connectivity index (χ0n) is 10.6. The van der Waals surface area contributed by atoms with Gasteiger partial charge in [-0.3, -0.25) is 0 Å². The fourth-order valence-corrected chi connectivity index (χ4v) is 2.89. The Morgan fingerprint density at radius 2 is 2.05 bits per heavy atom. The van der Waals surface area contributed by atoms with E-state index in [-0.39, 0.29) is 6.10 Å². The number of hydrogen-bond acceptors (Lipinski definition) is 2. The Labute approximate surface area is 121 Å². The van der Waals surface area contributed by atoms with Gasteiger partial charge >= 0.3 is 0 Å². The van der Waals surface area contributed by atoms with E-state index < -0.39 is 6.10 Å². The highest BCUT2D eigenvalue weighted by Crippen LogP contribution is 2.41. The molecule has 2 nitrogen and oxygen atoms in total. The number of rotatable bonds is 1. The third kappa shape index (κ3) is 2.53. The average molecular weight is 319 g/mol. The summed E-state index contributed by atoms with van der Waals surface area (Å²) in [5.41, 5.74) is 3.12. The normalized spacial score (nSPS) is 21.6. The first-order valence-corrected chi connectivity index (χ1v) is 7.13. The van der Waals surface area contributed by atoms with Crippen LogP contribution in [-0.4, -0.2) is 5.11 Å². The molecule has 1 aliphatic rings. The quantitative estimate of drug-likeness (QED) is 0.848. The minimum atomic E-state index is -0.465. The van der Waals surface area contributed by atoms with Crippen LogP contribution >= 0.6 is 15.9 Å². The molecule has 0 bridgehead atoms. The van der Waals surface area contributed by atoms with Crippen LogP contribution < -0.4 is 4.74 Å². The Hall–Kier alpha value is -1.32. The van der Waals surface area contributed by atoms with Crippen LogP contribution in [0.5, 0.6) is 5.75 Å². The van der Waals surface area contributed by atoms with Gasteiger partial charge in [0, 0.05) is 16.5 Å². The topological polar surface area (TPSA) is 29.5 Å². The maximum Gasteiger partial charge on any atom is 0.127 e. The number of hydrogen-bond donors (Lipinski definition) is 1. The van der Waals surface area contributed by atoms with Crippen LogP contribution in [0.4, 0.5) is 0 Å². The van der Waals surface area contributed by atoms with Gasteiger partial charge in [-0.05, 0) is 36.8 Å². The second kappa shape index (κ2) is 4.99. The predicted octanol–water partition coefficient (Wildman–Crippen LogP) is 4.31. The summed E-state index contributed by atoms with van der Waals surface area (Å²) in [6.07, 6.45) is 0.0303. The predicted molar refractivity (Wildman–Crippen MR) is 78.3 cm³/mol. The van der Waals surface area contributed by atoms with Crippen LogP contribution in [0.1, 0.15) is 35.3 Å². The average Bonchev–Trinajstić information content (AvgIpc) is 2.39. The molecule has 0 radical (unpaired) electrons. The molecule has 3 rings (SSSR count). The third-order valence-electron chi connectivity index (χ3n) is 3.45. The number of halogens is 1. The number of aliphatic hydroxyl groups is 1. The van der Waals surface area contributed by atoms with Crippen LogP contribution in [0.15, 0.2) is 46.9 Å². The molecule has 0 fully saturated rings. The maximum absolute atomic E-state index is 10.3. The molecule has 2 atom stereocenters. The van der Waals surface area contributed by atoms with Gasteiger partial charge < -0.3 is 9.84 Å². The first-order valence-electron chi connectivity index (χ1n) is 6.34. The fourth-order valence-electron chi connectivity index (χ4n) is 2.48. The standard InChI is InChI=1S/C16H15BrO2/c1-10-5-6-15-13(7-10)14(18)9-16(19-15)11-3-2-4-12(17)8-11/h2-8,14,16,18H,9H2,1H3/t14-,16?/m0/s1. The first-order chi connectivity index (χ1) is 9.13. The molecule has 1 aliphatic heterocycles. The molecule has 0 amide bonds. The van der Waals surface area contributed by atoms with E-state index in [1.165, 1.54) is 0 Å². The minimum absolute atomic E-state index is 0.0947. The Balaban J connectivity index is 1.95. The lowest BCUT2D eigenvalue weighted by Crippen LogP contribution is -2.19. The summed E-state index contributed by atoms with van der Waals surface area (Å²) in [7, 11) is 0. The monoisotopic (exact) mass is 318 g/mol. The Bertz CT molecular complexity index is 609. The van der Waals surface area contributed by atoms with Crippen molar-refractivity contribution in [1.82, 2.24) is 0 Å². The van der Waals surface area contributed by atoms with Crippen LogP contribution in [0.25, 0.3) is 0 Å². The second-order valence-electron chi connectivity index (χ2n) is 4.95. The highest BCUT2D eigenvalue weighted by Gasteiger charge is 2.28. The molecule has 98 valence electrons. The number of aliphatic hydroxyl groups excluding tert-OH is 1. The van der Waals surface area contributed by atoms with Gasteiger partial charge in [-0.15, -0.1) is 0 Å². The summed E-state index contributed by atoms with van der Waals surface area (Å²) < 4.78 is 7.04. The summed E-state index contributed by atoms with van der Waals surface area (Å²) in [5, 5.41) is 10.3. The first kappa shape index (κ1) is 12.7. The van der Waals surface area contributed by atoms with E-state index in [0.29, 0.717) is 6.42 Å². The number of ether oxygens (including phenoxy) is 1. The van der Waals surface area contributed by atoms with Crippen LogP contribution in [0, 0.1) is 6.92 Å². The van der Waals surface area contributed by atoms with Crippen molar-refractivity contribution in [1.29, 1.82) is 0 Å². The van der Waals surface area contributed by atoms with Crippen molar-refractivity contribution in [3.05, 3.63) is 63.6 Å². The zero-order valence-corrected chi connectivity index (χ0v) is 12.2. The number of benzene rings is 2. The Morgan fingerprint density at radius 3 is 2.84 bits per heavy atom. The van der Waals surface area contributed by atoms with Crippen molar-refractivity contribution in [3.8, 4) is 5.75 Å². The number of fused-ring (bicyclic) bond motifs is 1. The van der Waals surface area contributed by atoms with Gasteiger partial charge in [-0.25, -0.2) is 0 Å². The van der Waals surface area contributed by atoms with Gasteiger partial charge in [-0.1, -0.05) is 39.7 Å². The van der Waals surface area contributed by atoms with Crippen LogP contribution in [-0.2, 0) is 0 Å². The highest BCUT2D eigenvalue weighted by atomic mass is 79.9. The van der Waals surface area contributed by atoms with E-state index in [1.807, 2.05) is 49.4 Å². The molecule has 1 unspecified atom stereocenters. The van der Waals surface area contributed by atoms with Gasteiger partial charge in [0.2, 0.25) is 0 Å². The second-order valence-corrected chi connectivity index (χ2v) is 5.87. The van der Waals surface area contributed by atoms with E-state index >= 15 is 0 Å². The van der Waals surface area contributed by atoms with Crippen molar-refractivity contribution in [2.45, 2.75) is 25.6 Å². The molecule has 0 spiro atoms. The molecule has 0 aromatic heterocycles. The summed E-state index contributed by atoms with van der Waals surface area (Å²) in [5.74, 6) is 0.786. The summed E-state index contributed by atoms with van der Waals surface area (Å²) >= 11 is 3.47. The maximum atomic E-state index is 10.3. The number of aryl methyl sites for hydroxylation is 1. The molecule has 19 heavy (non-hydrogen) atoms. The van der Waals surface area contributed by atoms with Gasteiger partial charge in [-0.2, -0.15) is 0 Å². The molecular formula is C16H15BrO2. The zero-order chi connectivity index (χ0) is 13.4. The van der Waals surface area contributed by atoms with Crippen LogP contribution in [0.2, 0.25) is 0 Å². The molecule has 0 aliphatic carbocycles. The largest absolute Gasteiger partial charge is 0.485 e. The van der Waals surface area contributed by atoms with Crippen molar-refractivity contribution in [2.75, 3.05) is 0 Å². The molecule has 2 aromatic carbocycles. The van der Waals surface area contributed by atoms with E-state index in [1.54, 1.807) is 0 Å². The van der Waals surface area contributed by atoms with Gasteiger partial charge in [0.25, 0.3) is 0 Å². The van der Waals surface area contributed by atoms with Gasteiger partial charge in [0.15, 0.2) is 0 Å².